The second kappa shape index (κ2) is 7.55. The van der Waals surface area contributed by atoms with E-state index in [-0.39, 0.29) is 6.04 Å². The van der Waals surface area contributed by atoms with Crippen LogP contribution in [-0.4, -0.2) is 19.8 Å². The quantitative estimate of drug-likeness (QED) is 0.794. The fourth-order valence-corrected chi connectivity index (χ4v) is 2.08. The first-order chi connectivity index (χ1) is 8.58. The smallest absolute Gasteiger partial charge is 0.0665 e. The summed E-state index contributed by atoms with van der Waals surface area (Å²) in [4.78, 5) is 0. The molecule has 0 radical (unpaired) electrons. The van der Waals surface area contributed by atoms with E-state index in [1.54, 1.807) is 0 Å². The molecule has 0 fully saturated rings. The van der Waals surface area contributed by atoms with Crippen LogP contribution in [0.15, 0.2) is 18.2 Å². The minimum Gasteiger partial charge on any atom is -0.377 e. The predicted molar refractivity (Wildman–Crippen MR) is 78.0 cm³/mol. The van der Waals surface area contributed by atoms with Crippen LogP contribution in [0.1, 0.15) is 49.4 Å². The maximum atomic E-state index is 5.90. The van der Waals surface area contributed by atoms with E-state index in [2.05, 4.69) is 51.2 Å². The molecule has 2 nitrogen and oxygen atoms in total. The monoisotopic (exact) mass is 249 g/mol. The zero-order valence-corrected chi connectivity index (χ0v) is 12.4. The summed E-state index contributed by atoms with van der Waals surface area (Å²) in [5, 5.41) is 3.34. The summed E-state index contributed by atoms with van der Waals surface area (Å²) in [6, 6.07) is 6.91. The molecule has 2 unspecified atom stereocenters. The van der Waals surface area contributed by atoms with Crippen LogP contribution >= 0.6 is 0 Å². The lowest BCUT2D eigenvalue weighted by atomic mass is 10.0. The second-order valence-electron chi connectivity index (χ2n) is 5.12. The molecule has 1 aromatic rings. The molecule has 0 aliphatic carbocycles. The van der Waals surface area contributed by atoms with E-state index in [9.17, 15) is 0 Å². The third kappa shape index (κ3) is 4.43. The van der Waals surface area contributed by atoms with E-state index in [1.165, 1.54) is 23.1 Å². The lowest BCUT2D eigenvalue weighted by Gasteiger charge is -2.20. The Morgan fingerprint density at radius 1 is 1.22 bits per heavy atom. The lowest BCUT2D eigenvalue weighted by Crippen LogP contribution is -2.24. The van der Waals surface area contributed by atoms with Gasteiger partial charge in [-0.25, -0.2) is 0 Å². The summed E-state index contributed by atoms with van der Waals surface area (Å²) in [5.74, 6) is 0. The average Bonchev–Trinajstić information content (AvgIpc) is 2.34. The molecule has 1 aromatic carbocycles. The highest BCUT2D eigenvalue weighted by molar-refractivity contribution is 5.31. The maximum absolute atomic E-state index is 5.90. The summed E-state index contributed by atoms with van der Waals surface area (Å²) < 4.78 is 5.90. The zero-order chi connectivity index (χ0) is 13.5. The van der Waals surface area contributed by atoms with Gasteiger partial charge in [0.1, 0.15) is 0 Å². The largest absolute Gasteiger partial charge is 0.377 e. The molecule has 102 valence electrons. The number of hydrogen-bond acceptors (Lipinski definition) is 2. The van der Waals surface area contributed by atoms with Crippen LogP contribution in [-0.2, 0) is 4.74 Å². The average molecular weight is 249 g/mol. The molecule has 0 saturated carbocycles. The van der Waals surface area contributed by atoms with Crippen LogP contribution in [0.25, 0.3) is 0 Å². The van der Waals surface area contributed by atoms with Gasteiger partial charge in [-0.3, -0.25) is 0 Å². The van der Waals surface area contributed by atoms with Crippen LogP contribution in [0, 0.1) is 13.8 Å². The highest BCUT2D eigenvalue weighted by Crippen LogP contribution is 2.18. The Hall–Kier alpha value is -0.860. The molecule has 0 bridgehead atoms. The molecule has 2 heteroatoms. The number of rotatable bonds is 7. The number of hydrogen-bond donors (Lipinski definition) is 1. The van der Waals surface area contributed by atoms with Gasteiger partial charge in [-0.15, -0.1) is 0 Å². The summed E-state index contributed by atoms with van der Waals surface area (Å²) >= 11 is 0. The minimum atomic E-state index is 0.281. The molecule has 2 atom stereocenters. The van der Waals surface area contributed by atoms with Crippen molar-refractivity contribution in [3.05, 3.63) is 34.9 Å². The standard InChI is InChI=1S/C16H27NO/c1-6-7-14(4)18-11-16(17-5)15-9-8-12(2)13(3)10-15/h8-10,14,16-17H,6-7,11H2,1-5H3. The molecule has 0 heterocycles. The normalized spacial score (nSPS) is 14.5. The summed E-state index contributed by atoms with van der Waals surface area (Å²) in [6.07, 6.45) is 2.65. The number of likely N-dealkylation sites (N-methyl/N-ethyl adjacent to an activating group) is 1. The van der Waals surface area contributed by atoms with Crippen molar-refractivity contribution in [1.82, 2.24) is 5.32 Å². The minimum absolute atomic E-state index is 0.281. The van der Waals surface area contributed by atoms with Gasteiger partial charge in [-0.2, -0.15) is 0 Å². The van der Waals surface area contributed by atoms with E-state index in [0.717, 1.165) is 13.0 Å². The van der Waals surface area contributed by atoms with Crippen molar-refractivity contribution < 1.29 is 4.74 Å². The Labute approximate surface area is 112 Å². The third-order valence-electron chi connectivity index (χ3n) is 3.52. The number of ether oxygens (including phenoxy) is 1. The number of aryl methyl sites for hydroxylation is 2. The van der Waals surface area contributed by atoms with E-state index >= 15 is 0 Å². The van der Waals surface area contributed by atoms with Crippen molar-refractivity contribution in [2.24, 2.45) is 0 Å². The van der Waals surface area contributed by atoms with Gasteiger partial charge in [-0.1, -0.05) is 31.5 Å². The summed E-state index contributed by atoms with van der Waals surface area (Å²) in [5.41, 5.74) is 3.99. The van der Waals surface area contributed by atoms with Crippen LogP contribution in [0.2, 0.25) is 0 Å². The Morgan fingerprint density at radius 2 is 1.94 bits per heavy atom. The van der Waals surface area contributed by atoms with E-state index in [0.29, 0.717) is 6.10 Å². The van der Waals surface area contributed by atoms with Gasteiger partial charge in [0.05, 0.1) is 18.8 Å². The SMILES string of the molecule is CCCC(C)OCC(NC)c1ccc(C)c(C)c1. The second-order valence-corrected chi connectivity index (χ2v) is 5.12. The molecular weight excluding hydrogens is 222 g/mol. The van der Waals surface area contributed by atoms with E-state index in [4.69, 9.17) is 4.74 Å². The molecule has 0 saturated heterocycles. The third-order valence-corrected chi connectivity index (χ3v) is 3.52. The van der Waals surface area contributed by atoms with Crippen LogP contribution in [0.4, 0.5) is 0 Å². The van der Waals surface area contributed by atoms with Gasteiger partial charge in [0, 0.05) is 0 Å². The highest BCUT2D eigenvalue weighted by Gasteiger charge is 2.12. The molecule has 1 rings (SSSR count). The Balaban J connectivity index is 2.62. The molecule has 18 heavy (non-hydrogen) atoms. The van der Waals surface area contributed by atoms with E-state index in [1.807, 2.05) is 7.05 Å². The first-order valence-corrected chi connectivity index (χ1v) is 6.94. The molecule has 0 aliphatic rings. The topological polar surface area (TPSA) is 21.3 Å². The van der Waals surface area contributed by atoms with Crippen molar-refractivity contribution in [1.29, 1.82) is 0 Å². The lowest BCUT2D eigenvalue weighted by molar-refractivity contribution is 0.0453. The van der Waals surface area contributed by atoms with E-state index < -0.39 is 0 Å². The summed E-state index contributed by atoms with van der Waals surface area (Å²) in [7, 11) is 1.99. The first kappa shape index (κ1) is 15.2. The van der Waals surface area contributed by atoms with Gasteiger partial charge >= 0.3 is 0 Å². The molecule has 0 aliphatic heterocycles. The van der Waals surface area contributed by atoms with Gasteiger partial charge < -0.3 is 10.1 Å². The Morgan fingerprint density at radius 3 is 2.50 bits per heavy atom. The van der Waals surface area contributed by atoms with Crippen LogP contribution < -0.4 is 5.32 Å². The fraction of sp³-hybridized carbons (Fsp3) is 0.625. The molecule has 0 spiro atoms. The zero-order valence-electron chi connectivity index (χ0n) is 12.4. The van der Waals surface area contributed by atoms with Crippen molar-refractivity contribution in [3.63, 3.8) is 0 Å². The molecular formula is C16H27NO. The predicted octanol–water partition coefficient (Wildman–Crippen LogP) is 3.77. The van der Waals surface area contributed by atoms with Gasteiger partial charge in [0.25, 0.3) is 0 Å². The highest BCUT2D eigenvalue weighted by atomic mass is 16.5. The van der Waals surface area contributed by atoms with Crippen LogP contribution in [0.5, 0.6) is 0 Å². The van der Waals surface area contributed by atoms with Crippen molar-refractivity contribution >= 4 is 0 Å². The number of nitrogens with one attached hydrogen (secondary N) is 1. The summed E-state index contributed by atoms with van der Waals surface area (Å²) in [6.45, 7) is 9.38. The van der Waals surface area contributed by atoms with Gasteiger partial charge in [0.15, 0.2) is 0 Å². The van der Waals surface area contributed by atoms with Gasteiger partial charge in [-0.05, 0) is 50.9 Å². The Kier molecular flexibility index (Phi) is 6.37. The van der Waals surface area contributed by atoms with Crippen LogP contribution in [0.3, 0.4) is 0 Å². The maximum Gasteiger partial charge on any atom is 0.0665 e. The molecule has 0 aromatic heterocycles. The number of benzene rings is 1. The Bertz CT molecular complexity index is 362. The van der Waals surface area contributed by atoms with Crippen molar-refractivity contribution in [2.75, 3.05) is 13.7 Å². The molecule has 0 amide bonds. The fourth-order valence-electron chi connectivity index (χ4n) is 2.08. The first-order valence-electron chi connectivity index (χ1n) is 6.94. The molecule has 1 N–H and O–H groups in total. The van der Waals surface area contributed by atoms with Gasteiger partial charge in [0.2, 0.25) is 0 Å². The van der Waals surface area contributed by atoms with Crippen molar-refractivity contribution in [3.8, 4) is 0 Å². The van der Waals surface area contributed by atoms with Crippen molar-refractivity contribution in [2.45, 2.75) is 52.7 Å².